The summed E-state index contributed by atoms with van der Waals surface area (Å²) in [5.74, 6) is 0. The molecule has 0 aliphatic rings. The van der Waals surface area contributed by atoms with Gasteiger partial charge in [0.2, 0.25) is 0 Å². The number of aromatic nitrogens is 1. The van der Waals surface area contributed by atoms with E-state index in [9.17, 15) is 5.11 Å². The molecule has 0 aliphatic carbocycles. The highest BCUT2D eigenvalue weighted by Gasteiger charge is 2.10. The number of aryl methyl sites for hydroxylation is 2. The van der Waals surface area contributed by atoms with E-state index in [1.54, 1.807) is 0 Å². The Hall–Kier alpha value is -0.800. The molecule has 3 nitrogen and oxygen atoms in total. The fourth-order valence-electron chi connectivity index (χ4n) is 1.40. The Labute approximate surface area is 72.6 Å². The third-order valence-corrected chi connectivity index (χ3v) is 1.99. The normalized spacial score (nSPS) is 13.3. The summed E-state index contributed by atoms with van der Waals surface area (Å²) in [6.45, 7) is 4.46. The zero-order valence-corrected chi connectivity index (χ0v) is 7.59. The number of aliphatic hydroxyl groups excluding tert-OH is 1. The molecular weight excluding hydrogens is 152 g/mol. The molecule has 68 valence electrons. The maximum Gasteiger partial charge on any atom is 0.0819 e. The lowest BCUT2D eigenvalue weighted by atomic mass is 10.1. The minimum Gasteiger partial charge on any atom is -0.388 e. The molecule has 1 atom stereocenters. The largest absolute Gasteiger partial charge is 0.388 e. The summed E-state index contributed by atoms with van der Waals surface area (Å²) in [7, 11) is 0. The van der Waals surface area contributed by atoms with Crippen LogP contribution in [0.4, 0.5) is 0 Å². The second-order valence-corrected chi connectivity index (χ2v) is 3.13. The van der Waals surface area contributed by atoms with E-state index < -0.39 is 6.10 Å². The van der Waals surface area contributed by atoms with Gasteiger partial charge in [-0.1, -0.05) is 0 Å². The Morgan fingerprint density at radius 1 is 1.58 bits per heavy atom. The smallest absolute Gasteiger partial charge is 0.0819 e. The van der Waals surface area contributed by atoms with Crippen LogP contribution >= 0.6 is 0 Å². The Bertz CT molecular complexity index is 255. The number of aliphatic hydroxyl groups is 1. The van der Waals surface area contributed by atoms with Crippen molar-refractivity contribution in [3.8, 4) is 0 Å². The minimum absolute atomic E-state index is 0.417. The van der Waals surface area contributed by atoms with Gasteiger partial charge in [-0.2, -0.15) is 0 Å². The molecule has 4 N–H and O–H groups in total. The van der Waals surface area contributed by atoms with Gasteiger partial charge in [0, 0.05) is 17.0 Å². The molecular formula is C9H16N2O. The predicted molar refractivity (Wildman–Crippen MR) is 48.9 cm³/mol. The number of nitrogens with two attached hydrogens (primary N) is 1. The maximum absolute atomic E-state index is 9.61. The van der Waals surface area contributed by atoms with Gasteiger partial charge in [-0.3, -0.25) is 0 Å². The maximum atomic E-state index is 9.61. The molecule has 0 amide bonds. The van der Waals surface area contributed by atoms with Gasteiger partial charge in [0.25, 0.3) is 0 Å². The molecule has 0 bridgehead atoms. The van der Waals surface area contributed by atoms with E-state index in [4.69, 9.17) is 5.73 Å². The summed E-state index contributed by atoms with van der Waals surface area (Å²) >= 11 is 0. The zero-order valence-electron chi connectivity index (χ0n) is 7.59. The quantitative estimate of drug-likeness (QED) is 0.631. The summed E-state index contributed by atoms with van der Waals surface area (Å²) in [5, 5.41) is 9.61. The molecule has 0 fully saturated rings. The summed E-state index contributed by atoms with van der Waals surface area (Å²) < 4.78 is 0. The van der Waals surface area contributed by atoms with Crippen molar-refractivity contribution >= 4 is 0 Å². The van der Waals surface area contributed by atoms with Crippen LogP contribution in [0, 0.1) is 13.8 Å². The third-order valence-electron chi connectivity index (χ3n) is 1.99. The number of rotatable bonds is 3. The van der Waals surface area contributed by atoms with Crippen LogP contribution in [0.15, 0.2) is 6.07 Å². The molecule has 0 aliphatic heterocycles. The van der Waals surface area contributed by atoms with E-state index in [1.807, 2.05) is 19.9 Å². The molecule has 0 saturated carbocycles. The predicted octanol–water partition coefficient (Wildman–Crippen LogP) is 1.01. The topological polar surface area (TPSA) is 62.0 Å². The summed E-state index contributed by atoms with van der Waals surface area (Å²) in [6, 6.07) is 1.97. The summed E-state index contributed by atoms with van der Waals surface area (Å²) in [4.78, 5) is 3.15. The minimum atomic E-state index is -0.417. The molecule has 0 unspecified atom stereocenters. The fraction of sp³-hybridized carbons (Fsp3) is 0.556. The number of hydrogen-bond acceptors (Lipinski definition) is 2. The van der Waals surface area contributed by atoms with Gasteiger partial charge in [-0.15, -0.1) is 0 Å². The molecule has 12 heavy (non-hydrogen) atoms. The second-order valence-electron chi connectivity index (χ2n) is 3.13. The molecule has 0 aromatic carbocycles. The Balaban J connectivity index is 2.79. The lowest BCUT2D eigenvalue weighted by Gasteiger charge is -2.07. The Kier molecular flexibility index (Phi) is 2.89. The average molecular weight is 168 g/mol. The van der Waals surface area contributed by atoms with E-state index in [0.717, 1.165) is 17.0 Å². The highest BCUT2D eigenvalue weighted by atomic mass is 16.3. The van der Waals surface area contributed by atoms with Crippen molar-refractivity contribution in [2.75, 3.05) is 6.54 Å². The van der Waals surface area contributed by atoms with Gasteiger partial charge in [-0.25, -0.2) is 0 Å². The Morgan fingerprint density at radius 2 is 2.25 bits per heavy atom. The number of H-pyrrole nitrogens is 1. The first-order valence-electron chi connectivity index (χ1n) is 4.19. The third kappa shape index (κ3) is 1.87. The highest BCUT2D eigenvalue weighted by molar-refractivity contribution is 5.26. The van der Waals surface area contributed by atoms with E-state index in [1.165, 1.54) is 0 Å². The van der Waals surface area contributed by atoms with Crippen LogP contribution in [-0.4, -0.2) is 16.6 Å². The van der Waals surface area contributed by atoms with Crippen LogP contribution in [0.1, 0.15) is 29.5 Å². The number of aromatic amines is 1. The van der Waals surface area contributed by atoms with Gasteiger partial charge < -0.3 is 15.8 Å². The number of nitrogens with one attached hydrogen (secondary N) is 1. The molecule has 1 heterocycles. The van der Waals surface area contributed by atoms with Crippen LogP contribution < -0.4 is 5.73 Å². The molecule has 1 aromatic rings. The first-order valence-corrected chi connectivity index (χ1v) is 4.19. The van der Waals surface area contributed by atoms with Crippen LogP contribution in [0.25, 0.3) is 0 Å². The van der Waals surface area contributed by atoms with Crippen molar-refractivity contribution in [3.05, 3.63) is 23.0 Å². The van der Waals surface area contributed by atoms with Gasteiger partial charge in [-0.05, 0) is 32.9 Å². The fourth-order valence-corrected chi connectivity index (χ4v) is 1.40. The molecule has 0 spiro atoms. The number of hydrogen-bond donors (Lipinski definition) is 3. The lowest BCUT2D eigenvalue weighted by Crippen LogP contribution is -2.06. The van der Waals surface area contributed by atoms with Gasteiger partial charge in [0.1, 0.15) is 0 Å². The van der Waals surface area contributed by atoms with Crippen LogP contribution in [0.3, 0.4) is 0 Å². The molecule has 0 saturated heterocycles. The van der Waals surface area contributed by atoms with E-state index in [2.05, 4.69) is 4.98 Å². The van der Waals surface area contributed by atoms with Gasteiger partial charge in [0.05, 0.1) is 6.10 Å². The van der Waals surface area contributed by atoms with Crippen molar-refractivity contribution in [3.63, 3.8) is 0 Å². The zero-order chi connectivity index (χ0) is 9.14. The van der Waals surface area contributed by atoms with Crippen molar-refractivity contribution in [2.45, 2.75) is 26.4 Å². The first kappa shape index (κ1) is 9.29. The highest BCUT2D eigenvalue weighted by Crippen LogP contribution is 2.20. The Morgan fingerprint density at radius 3 is 2.67 bits per heavy atom. The van der Waals surface area contributed by atoms with Crippen LogP contribution in [-0.2, 0) is 0 Å². The van der Waals surface area contributed by atoms with Crippen LogP contribution in [0.2, 0.25) is 0 Å². The van der Waals surface area contributed by atoms with E-state index >= 15 is 0 Å². The van der Waals surface area contributed by atoms with E-state index in [0.29, 0.717) is 13.0 Å². The van der Waals surface area contributed by atoms with Crippen LogP contribution in [0.5, 0.6) is 0 Å². The monoisotopic (exact) mass is 168 g/mol. The molecule has 0 radical (unpaired) electrons. The SMILES string of the molecule is Cc1cc([C@H](O)CCN)c(C)[nH]1. The second kappa shape index (κ2) is 3.74. The van der Waals surface area contributed by atoms with Gasteiger partial charge >= 0.3 is 0 Å². The first-order chi connectivity index (χ1) is 5.65. The summed E-state index contributed by atoms with van der Waals surface area (Å²) in [6.07, 6.45) is 0.206. The van der Waals surface area contributed by atoms with Crippen molar-refractivity contribution in [2.24, 2.45) is 5.73 Å². The van der Waals surface area contributed by atoms with Crippen molar-refractivity contribution < 1.29 is 5.11 Å². The molecule has 1 aromatic heterocycles. The summed E-state index contributed by atoms with van der Waals surface area (Å²) in [5.41, 5.74) is 8.44. The van der Waals surface area contributed by atoms with Gasteiger partial charge in [0.15, 0.2) is 0 Å². The lowest BCUT2D eigenvalue weighted by molar-refractivity contribution is 0.170. The molecule has 1 rings (SSSR count). The van der Waals surface area contributed by atoms with Crippen molar-refractivity contribution in [1.82, 2.24) is 4.98 Å². The van der Waals surface area contributed by atoms with Crippen molar-refractivity contribution in [1.29, 1.82) is 0 Å². The average Bonchev–Trinajstić information content (AvgIpc) is 2.30. The van der Waals surface area contributed by atoms with E-state index in [-0.39, 0.29) is 0 Å². The molecule has 3 heteroatoms. The standard InChI is InChI=1S/C9H16N2O/c1-6-5-8(7(2)11-6)9(12)3-4-10/h5,9,11-12H,3-4,10H2,1-2H3/t9-/m1/s1.